The summed E-state index contributed by atoms with van der Waals surface area (Å²) in [6, 6.07) is 8.26. The molecule has 2 fully saturated rings. The number of halogens is 1. The first-order chi connectivity index (χ1) is 14.9. The van der Waals surface area contributed by atoms with Gasteiger partial charge in [0.2, 0.25) is 5.91 Å². The molecule has 5 rings (SSSR count). The van der Waals surface area contributed by atoms with Crippen LogP contribution in [0.1, 0.15) is 57.7 Å². The lowest BCUT2D eigenvalue weighted by Gasteiger charge is -2.22. The van der Waals surface area contributed by atoms with Crippen LogP contribution in [0.4, 0.5) is 4.39 Å². The van der Waals surface area contributed by atoms with Gasteiger partial charge in [0.15, 0.2) is 0 Å². The number of hydrogen-bond acceptors (Lipinski definition) is 4. The molecule has 3 atom stereocenters. The SMILES string of the molecule is CC(C)c1nc2cc(-c3ccccc3F)sc2c(=O)n1NC(=O)CC1CC2CCC1C2. The van der Waals surface area contributed by atoms with Crippen LogP contribution in [0, 0.1) is 23.6 Å². The maximum Gasteiger partial charge on any atom is 0.290 e. The summed E-state index contributed by atoms with van der Waals surface area (Å²) in [6.45, 7) is 3.88. The zero-order valence-corrected chi connectivity index (χ0v) is 18.5. The molecule has 1 amide bonds. The van der Waals surface area contributed by atoms with Crippen molar-refractivity contribution >= 4 is 27.5 Å². The molecule has 7 heteroatoms. The minimum absolute atomic E-state index is 0.0586. The van der Waals surface area contributed by atoms with Gasteiger partial charge in [-0.3, -0.25) is 15.0 Å². The Bertz CT molecular complexity index is 1220. The number of hydrogen-bond donors (Lipinski definition) is 1. The maximum absolute atomic E-state index is 14.3. The molecular weight excluding hydrogens is 413 g/mol. The summed E-state index contributed by atoms with van der Waals surface area (Å²) in [4.78, 5) is 31.5. The zero-order chi connectivity index (χ0) is 21.7. The first kappa shape index (κ1) is 20.4. The molecule has 2 saturated carbocycles. The molecule has 1 N–H and O–H groups in total. The average Bonchev–Trinajstić information content (AvgIpc) is 3.45. The first-order valence-corrected chi connectivity index (χ1v) is 11.8. The summed E-state index contributed by atoms with van der Waals surface area (Å²) in [5, 5.41) is 0. The lowest BCUT2D eigenvalue weighted by atomic mass is 9.86. The molecule has 0 aliphatic heterocycles. The fourth-order valence-corrected chi connectivity index (χ4v) is 6.37. The van der Waals surface area contributed by atoms with Crippen LogP contribution in [0.15, 0.2) is 35.1 Å². The van der Waals surface area contributed by atoms with Crippen LogP contribution in [0.3, 0.4) is 0 Å². The molecule has 162 valence electrons. The van der Waals surface area contributed by atoms with Gasteiger partial charge in [0.1, 0.15) is 16.3 Å². The highest BCUT2D eigenvalue weighted by molar-refractivity contribution is 7.22. The highest BCUT2D eigenvalue weighted by Crippen LogP contribution is 2.49. The molecule has 5 nitrogen and oxygen atoms in total. The monoisotopic (exact) mass is 439 g/mol. The van der Waals surface area contributed by atoms with Gasteiger partial charge in [-0.15, -0.1) is 11.3 Å². The number of carbonyl (C=O) groups excluding carboxylic acids is 1. The van der Waals surface area contributed by atoms with Crippen LogP contribution in [0.5, 0.6) is 0 Å². The van der Waals surface area contributed by atoms with E-state index in [4.69, 9.17) is 0 Å². The number of rotatable bonds is 5. The Morgan fingerprint density at radius 3 is 2.77 bits per heavy atom. The highest BCUT2D eigenvalue weighted by atomic mass is 32.1. The van der Waals surface area contributed by atoms with Gasteiger partial charge in [-0.25, -0.2) is 14.1 Å². The summed E-state index contributed by atoms with van der Waals surface area (Å²) < 4.78 is 16.0. The Morgan fingerprint density at radius 2 is 2.10 bits per heavy atom. The van der Waals surface area contributed by atoms with Crippen LogP contribution < -0.4 is 11.0 Å². The maximum atomic E-state index is 14.3. The summed E-state index contributed by atoms with van der Waals surface area (Å²) in [5.41, 5.74) is 3.52. The average molecular weight is 440 g/mol. The van der Waals surface area contributed by atoms with Crippen LogP contribution in [0.2, 0.25) is 0 Å². The number of nitrogens with zero attached hydrogens (tertiary/aromatic N) is 2. The van der Waals surface area contributed by atoms with E-state index in [9.17, 15) is 14.0 Å². The third kappa shape index (κ3) is 3.69. The summed E-state index contributed by atoms with van der Waals surface area (Å²) in [6.07, 6.45) is 5.34. The standard InChI is InChI=1S/C24H26FN3O2S/c1-13(2)23-26-19-12-20(17-5-3-4-6-18(17)25)31-22(19)24(30)28(23)27-21(29)11-16-10-14-7-8-15(16)9-14/h3-6,12-16H,7-11H2,1-2H3,(H,27,29). The summed E-state index contributed by atoms with van der Waals surface area (Å²) in [5.74, 6) is 1.83. The number of aromatic nitrogens is 2. The van der Waals surface area contributed by atoms with E-state index in [0.29, 0.717) is 44.7 Å². The lowest BCUT2D eigenvalue weighted by Crippen LogP contribution is -2.37. The second kappa shape index (κ2) is 7.86. The van der Waals surface area contributed by atoms with Gasteiger partial charge in [0, 0.05) is 22.8 Å². The van der Waals surface area contributed by atoms with E-state index in [0.717, 1.165) is 12.3 Å². The van der Waals surface area contributed by atoms with E-state index in [2.05, 4.69) is 10.4 Å². The molecule has 0 saturated heterocycles. The minimum atomic E-state index is -0.336. The Kier molecular flexibility index (Phi) is 5.16. The van der Waals surface area contributed by atoms with E-state index in [-0.39, 0.29) is 23.2 Å². The molecule has 0 spiro atoms. The predicted molar refractivity (Wildman–Crippen MR) is 121 cm³/mol. The topological polar surface area (TPSA) is 64.0 Å². The number of benzene rings is 1. The van der Waals surface area contributed by atoms with Gasteiger partial charge in [0.25, 0.3) is 5.56 Å². The van der Waals surface area contributed by atoms with Crippen molar-refractivity contribution < 1.29 is 9.18 Å². The van der Waals surface area contributed by atoms with Crippen LogP contribution in [-0.4, -0.2) is 15.6 Å². The van der Waals surface area contributed by atoms with Crippen molar-refractivity contribution in [1.82, 2.24) is 9.66 Å². The van der Waals surface area contributed by atoms with Gasteiger partial charge in [-0.2, -0.15) is 0 Å². The Balaban J connectivity index is 1.48. The number of amides is 1. The second-order valence-corrected chi connectivity index (χ2v) is 10.3. The summed E-state index contributed by atoms with van der Waals surface area (Å²) >= 11 is 1.21. The third-order valence-electron chi connectivity index (χ3n) is 6.80. The van der Waals surface area contributed by atoms with E-state index in [1.807, 2.05) is 13.8 Å². The van der Waals surface area contributed by atoms with Gasteiger partial charge < -0.3 is 0 Å². The molecule has 0 radical (unpaired) electrons. The van der Waals surface area contributed by atoms with Crippen molar-refractivity contribution in [2.24, 2.45) is 17.8 Å². The quantitative estimate of drug-likeness (QED) is 0.588. The molecule has 3 unspecified atom stereocenters. The van der Waals surface area contributed by atoms with Crippen LogP contribution in [0.25, 0.3) is 20.7 Å². The highest BCUT2D eigenvalue weighted by Gasteiger charge is 2.40. The molecule has 1 aromatic carbocycles. The van der Waals surface area contributed by atoms with Gasteiger partial charge in [0.05, 0.1) is 5.52 Å². The molecular formula is C24H26FN3O2S. The fourth-order valence-electron chi connectivity index (χ4n) is 5.32. The third-order valence-corrected chi connectivity index (χ3v) is 7.94. The minimum Gasteiger partial charge on any atom is -0.273 e. The van der Waals surface area contributed by atoms with E-state index in [1.54, 1.807) is 24.3 Å². The van der Waals surface area contributed by atoms with Crippen LogP contribution >= 0.6 is 11.3 Å². The zero-order valence-electron chi connectivity index (χ0n) is 17.7. The Labute approximate surface area is 184 Å². The van der Waals surface area contributed by atoms with Gasteiger partial charge in [-0.05, 0) is 49.1 Å². The Morgan fingerprint density at radius 1 is 1.29 bits per heavy atom. The molecule has 2 aliphatic carbocycles. The van der Waals surface area contributed by atoms with Crippen molar-refractivity contribution in [3.8, 4) is 10.4 Å². The number of carbonyl (C=O) groups is 1. The molecule has 2 heterocycles. The number of fused-ring (bicyclic) bond motifs is 3. The summed E-state index contributed by atoms with van der Waals surface area (Å²) in [7, 11) is 0. The first-order valence-electron chi connectivity index (χ1n) is 11.0. The van der Waals surface area contributed by atoms with Gasteiger partial charge >= 0.3 is 0 Å². The van der Waals surface area contributed by atoms with E-state index < -0.39 is 0 Å². The molecule has 2 bridgehead atoms. The van der Waals surface area contributed by atoms with Gasteiger partial charge in [-0.1, -0.05) is 38.5 Å². The molecule has 2 aromatic heterocycles. The second-order valence-electron chi connectivity index (χ2n) is 9.24. The molecule has 3 aromatic rings. The number of thiophene rings is 1. The lowest BCUT2D eigenvalue weighted by molar-refractivity contribution is -0.118. The normalized spacial score (nSPS) is 22.5. The van der Waals surface area contributed by atoms with Crippen LogP contribution in [-0.2, 0) is 4.79 Å². The van der Waals surface area contributed by atoms with Crippen molar-refractivity contribution in [1.29, 1.82) is 0 Å². The van der Waals surface area contributed by atoms with E-state index >= 15 is 0 Å². The van der Waals surface area contributed by atoms with Crippen molar-refractivity contribution in [2.75, 3.05) is 5.43 Å². The molecule has 2 aliphatic rings. The largest absolute Gasteiger partial charge is 0.290 e. The predicted octanol–water partition coefficient (Wildman–Crippen LogP) is 5.28. The van der Waals surface area contributed by atoms with Crippen molar-refractivity contribution in [3.63, 3.8) is 0 Å². The Hall–Kier alpha value is -2.54. The van der Waals surface area contributed by atoms with Crippen molar-refractivity contribution in [2.45, 2.75) is 51.9 Å². The van der Waals surface area contributed by atoms with Crippen molar-refractivity contribution in [3.05, 3.63) is 52.3 Å². The molecule has 31 heavy (non-hydrogen) atoms. The number of nitrogens with one attached hydrogen (secondary N) is 1. The van der Waals surface area contributed by atoms with E-state index in [1.165, 1.54) is 41.3 Å². The smallest absolute Gasteiger partial charge is 0.273 e. The fraction of sp³-hybridized carbons (Fsp3) is 0.458.